The molecule has 0 radical (unpaired) electrons. The Morgan fingerprint density at radius 2 is 2.05 bits per heavy atom. The van der Waals surface area contributed by atoms with E-state index in [1.807, 2.05) is 24.3 Å². The number of amides is 1. The lowest BCUT2D eigenvalue weighted by Crippen LogP contribution is -2.43. The van der Waals surface area contributed by atoms with E-state index in [0.717, 1.165) is 26.0 Å². The predicted molar refractivity (Wildman–Crippen MR) is 79.7 cm³/mol. The summed E-state index contributed by atoms with van der Waals surface area (Å²) in [7, 11) is 1.64. The van der Waals surface area contributed by atoms with Crippen LogP contribution < -0.4 is 10.6 Å². The summed E-state index contributed by atoms with van der Waals surface area (Å²) in [6.45, 7) is 5.92. The third-order valence-corrected chi connectivity index (χ3v) is 3.74. The molecule has 1 heterocycles. The molecule has 4 heteroatoms. The molecule has 2 rings (SSSR count). The predicted octanol–water partition coefficient (Wildman–Crippen LogP) is 2.09. The third-order valence-electron chi connectivity index (χ3n) is 3.74. The van der Waals surface area contributed by atoms with Crippen molar-refractivity contribution in [3.05, 3.63) is 35.4 Å². The highest BCUT2D eigenvalue weighted by molar-refractivity contribution is 5.93. The maximum atomic E-state index is 11.5. The quantitative estimate of drug-likeness (QED) is 0.885. The number of benzene rings is 1. The molecule has 20 heavy (non-hydrogen) atoms. The van der Waals surface area contributed by atoms with E-state index < -0.39 is 0 Å². The Balaban J connectivity index is 1.86. The van der Waals surface area contributed by atoms with Gasteiger partial charge in [0.2, 0.25) is 0 Å². The molecule has 1 aliphatic rings. The zero-order valence-corrected chi connectivity index (χ0v) is 12.5. The van der Waals surface area contributed by atoms with Crippen LogP contribution in [0.15, 0.2) is 24.3 Å². The average Bonchev–Trinajstić information content (AvgIpc) is 2.44. The van der Waals surface area contributed by atoms with E-state index in [2.05, 4.69) is 24.5 Å². The molecule has 1 aromatic carbocycles. The van der Waals surface area contributed by atoms with Crippen molar-refractivity contribution in [3.63, 3.8) is 0 Å². The highest BCUT2D eigenvalue weighted by Crippen LogP contribution is 2.24. The van der Waals surface area contributed by atoms with Crippen molar-refractivity contribution in [1.29, 1.82) is 0 Å². The zero-order valence-electron chi connectivity index (χ0n) is 12.5. The van der Waals surface area contributed by atoms with E-state index in [1.165, 1.54) is 5.56 Å². The number of carbonyl (C=O) groups excluding carboxylic acids is 1. The van der Waals surface area contributed by atoms with Crippen LogP contribution in [0, 0.1) is 0 Å². The number of hydrogen-bond donors (Lipinski definition) is 2. The monoisotopic (exact) mass is 276 g/mol. The maximum Gasteiger partial charge on any atom is 0.251 e. The average molecular weight is 276 g/mol. The molecule has 0 aromatic heterocycles. The molecule has 110 valence electrons. The van der Waals surface area contributed by atoms with E-state index in [-0.39, 0.29) is 11.5 Å². The van der Waals surface area contributed by atoms with Crippen molar-refractivity contribution in [1.82, 2.24) is 10.6 Å². The normalized spacial score (nSPS) is 21.4. The number of ether oxygens (including phenoxy) is 1. The molecule has 0 bridgehead atoms. The minimum atomic E-state index is -0.0457. The van der Waals surface area contributed by atoms with Gasteiger partial charge in [0.25, 0.3) is 5.91 Å². The van der Waals surface area contributed by atoms with Gasteiger partial charge in [0, 0.05) is 31.8 Å². The number of carbonyl (C=O) groups is 1. The van der Waals surface area contributed by atoms with Crippen LogP contribution in [0.2, 0.25) is 0 Å². The minimum absolute atomic E-state index is 0.0288. The van der Waals surface area contributed by atoms with Gasteiger partial charge in [0.1, 0.15) is 0 Å². The molecule has 1 aromatic rings. The lowest BCUT2D eigenvalue weighted by molar-refractivity contribution is -0.0630. The van der Waals surface area contributed by atoms with Crippen molar-refractivity contribution in [2.45, 2.75) is 44.9 Å². The second kappa shape index (κ2) is 6.37. The molecule has 1 fully saturated rings. The molecular weight excluding hydrogens is 252 g/mol. The second-order valence-corrected chi connectivity index (χ2v) is 5.95. The smallest absolute Gasteiger partial charge is 0.251 e. The molecule has 1 atom stereocenters. The summed E-state index contributed by atoms with van der Waals surface area (Å²) >= 11 is 0. The highest BCUT2D eigenvalue weighted by atomic mass is 16.5. The zero-order chi connectivity index (χ0) is 14.6. The maximum absolute atomic E-state index is 11.5. The molecule has 1 amide bonds. The van der Waals surface area contributed by atoms with Gasteiger partial charge in [-0.1, -0.05) is 12.1 Å². The first-order valence-electron chi connectivity index (χ1n) is 7.18. The summed E-state index contributed by atoms with van der Waals surface area (Å²) in [6, 6.07) is 8.23. The van der Waals surface area contributed by atoms with Crippen molar-refractivity contribution >= 4 is 5.91 Å². The Kier molecular flexibility index (Phi) is 4.78. The first kappa shape index (κ1) is 15.0. The number of rotatable bonds is 4. The second-order valence-electron chi connectivity index (χ2n) is 5.95. The lowest BCUT2D eigenvalue weighted by Gasteiger charge is -2.36. The van der Waals surface area contributed by atoms with E-state index in [0.29, 0.717) is 11.6 Å². The molecule has 1 unspecified atom stereocenters. The Morgan fingerprint density at radius 3 is 2.65 bits per heavy atom. The van der Waals surface area contributed by atoms with Crippen LogP contribution in [0.5, 0.6) is 0 Å². The van der Waals surface area contributed by atoms with Gasteiger partial charge in [-0.15, -0.1) is 0 Å². The first-order chi connectivity index (χ1) is 9.50. The van der Waals surface area contributed by atoms with Gasteiger partial charge in [-0.2, -0.15) is 0 Å². The van der Waals surface area contributed by atoms with Crippen LogP contribution in [0.4, 0.5) is 0 Å². The van der Waals surface area contributed by atoms with Gasteiger partial charge < -0.3 is 15.4 Å². The van der Waals surface area contributed by atoms with E-state index in [4.69, 9.17) is 4.74 Å². The minimum Gasteiger partial charge on any atom is -0.375 e. The topological polar surface area (TPSA) is 50.4 Å². The van der Waals surface area contributed by atoms with E-state index >= 15 is 0 Å². The summed E-state index contributed by atoms with van der Waals surface area (Å²) in [6.07, 6.45) is 2.09. The molecule has 1 aliphatic heterocycles. The lowest BCUT2D eigenvalue weighted by atomic mass is 9.94. The van der Waals surface area contributed by atoms with Gasteiger partial charge in [-0.25, -0.2) is 0 Å². The van der Waals surface area contributed by atoms with Gasteiger partial charge in [-0.05, 0) is 44.4 Å². The molecule has 0 aliphatic carbocycles. The van der Waals surface area contributed by atoms with Crippen molar-refractivity contribution < 1.29 is 9.53 Å². The fourth-order valence-corrected chi connectivity index (χ4v) is 2.59. The standard InChI is InChI=1S/C16H24N2O2/c1-16(2)10-14(8-9-20-16)18-11-12-4-6-13(7-5-12)15(19)17-3/h4-7,14,18H,8-11H2,1-3H3,(H,17,19). The van der Waals surface area contributed by atoms with Crippen molar-refractivity contribution in [2.75, 3.05) is 13.7 Å². The van der Waals surface area contributed by atoms with Crippen LogP contribution in [-0.4, -0.2) is 31.2 Å². The Labute approximate surface area is 120 Å². The number of hydrogen-bond acceptors (Lipinski definition) is 3. The fourth-order valence-electron chi connectivity index (χ4n) is 2.59. The third kappa shape index (κ3) is 4.05. The summed E-state index contributed by atoms with van der Waals surface area (Å²) in [5.41, 5.74) is 1.87. The highest BCUT2D eigenvalue weighted by Gasteiger charge is 2.28. The van der Waals surface area contributed by atoms with Crippen LogP contribution in [-0.2, 0) is 11.3 Å². The van der Waals surface area contributed by atoms with Crippen LogP contribution in [0.1, 0.15) is 42.6 Å². The molecule has 1 saturated heterocycles. The Hall–Kier alpha value is -1.39. The van der Waals surface area contributed by atoms with Crippen LogP contribution in [0.3, 0.4) is 0 Å². The summed E-state index contributed by atoms with van der Waals surface area (Å²) in [5, 5.41) is 6.20. The fraction of sp³-hybridized carbons (Fsp3) is 0.562. The molecular formula is C16H24N2O2. The van der Waals surface area contributed by atoms with Gasteiger partial charge >= 0.3 is 0 Å². The molecule has 2 N–H and O–H groups in total. The summed E-state index contributed by atoms with van der Waals surface area (Å²) in [4.78, 5) is 11.5. The van der Waals surface area contributed by atoms with Crippen molar-refractivity contribution in [3.8, 4) is 0 Å². The SMILES string of the molecule is CNC(=O)c1ccc(CNC2CCOC(C)(C)C2)cc1. The Bertz CT molecular complexity index is 454. The van der Waals surface area contributed by atoms with E-state index in [9.17, 15) is 4.79 Å². The van der Waals surface area contributed by atoms with Crippen LogP contribution >= 0.6 is 0 Å². The van der Waals surface area contributed by atoms with Gasteiger partial charge in [-0.3, -0.25) is 4.79 Å². The van der Waals surface area contributed by atoms with E-state index in [1.54, 1.807) is 7.05 Å². The Morgan fingerprint density at radius 1 is 1.35 bits per heavy atom. The number of nitrogens with one attached hydrogen (secondary N) is 2. The largest absolute Gasteiger partial charge is 0.375 e. The van der Waals surface area contributed by atoms with Gasteiger partial charge in [0.05, 0.1) is 5.60 Å². The molecule has 4 nitrogen and oxygen atoms in total. The molecule has 0 saturated carbocycles. The first-order valence-corrected chi connectivity index (χ1v) is 7.18. The summed E-state index contributed by atoms with van der Waals surface area (Å²) < 4.78 is 5.72. The molecule has 0 spiro atoms. The van der Waals surface area contributed by atoms with Crippen molar-refractivity contribution in [2.24, 2.45) is 0 Å². The summed E-state index contributed by atoms with van der Waals surface area (Å²) in [5.74, 6) is -0.0457. The van der Waals surface area contributed by atoms with Crippen LogP contribution in [0.25, 0.3) is 0 Å². The van der Waals surface area contributed by atoms with Gasteiger partial charge in [0.15, 0.2) is 0 Å².